The van der Waals surface area contributed by atoms with Gasteiger partial charge in [0, 0.05) is 25.2 Å². The van der Waals surface area contributed by atoms with Crippen LogP contribution in [0.5, 0.6) is 0 Å². The molecule has 1 fully saturated rings. The predicted molar refractivity (Wildman–Crippen MR) is 96.8 cm³/mol. The second kappa shape index (κ2) is 8.42. The molecule has 3 rings (SSSR count). The molecular formula is C19H28N4O. The molecule has 0 aliphatic carbocycles. The summed E-state index contributed by atoms with van der Waals surface area (Å²) in [7, 11) is 0. The fourth-order valence-corrected chi connectivity index (χ4v) is 3.42. The van der Waals surface area contributed by atoms with Crippen LogP contribution in [0.2, 0.25) is 0 Å². The molecule has 5 nitrogen and oxygen atoms in total. The number of benzene rings is 1. The summed E-state index contributed by atoms with van der Waals surface area (Å²) in [5.41, 5.74) is 3.51. The highest BCUT2D eigenvalue weighted by Gasteiger charge is 2.21. The second-order valence-electron chi connectivity index (χ2n) is 6.68. The summed E-state index contributed by atoms with van der Waals surface area (Å²) >= 11 is 0. The van der Waals surface area contributed by atoms with Crippen LogP contribution in [0.4, 0.5) is 0 Å². The van der Waals surface area contributed by atoms with Gasteiger partial charge >= 0.3 is 0 Å². The largest absolute Gasteiger partial charge is 0.373 e. The lowest BCUT2D eigenvalue weighted by molar-refractivity contribution is -0.0680. The topological polar surface area (TPSA) is 53.2 Å². The Morgan fingerprint density at radius 3 is 2.71 bits per heavy atom. The summed E-state index contributed by atoms with van der Waals surface area (Å²) in [5.74, 6) is 0. The molecule has 0 amide bonds. The van der Waals surface area contributed by atoms with E-state index in [1.165, 1.54) is 11.1 Å². The maximum Gasteiger partial charge on any atom is 0.0695 e. The molecular weight excluding hydrogens is 300 g/mol. The second-order valence-corrected chi connectivity index (χ2v) is 6.68. The van der Waals surface area contributed by atoms with Crippen LogP contribution in [-0.2, 0) is 11.3 Å². The van der Waals surface area contributed by atoms with Crippen LogP contribution in [0.1, 0.15) is 25.8 Å². The average molecular weight is 328 g/mol. The maximum absolute atomic E-state index is 5.78. The highest BCUT2D eigenvalue weighted by Crippen LogP contribution is 2.20. The van der Waals surface area contributed by atoms with E-state index in [2.05, 4.69) is 58.5 Å². The molecule has 24 heavy (non-hydrogen) atoms. The zero-order valence-corrected chi connectivity index (χ0v) is 14.7. The first-order valence-electron chi connectivity index (χ1n) is 8.88. The fraction of sp³-hybridized carbons (Fsp3) is 0.526. The fourth-order valence-electron chi connectivity index (χ4n) is 3.42. The van der Waals surface area contributed by atoms with Gasteiger partial charge < -0.3 is 10.1 Å². The lowest BCUT2D eigenvalue weighted by Gasteiger charge is -2.35. The van der Waals surface area contributed by atoms with E-state index < -0.39 is 0 Å². The van der Waals surface area contributed by atoms with Crippen LogP contribution >= 0.6 is 0 Å². The summed E-state index contributed by atoms with van der Waals surface area (Å²) in [6.07, 6.45) is 3.76. The number of hydrogen-bond donors (Lipinski definition) is 2. The summed E-state index contributed by atoms with van der Waals surface area (Å²) in [4.78, 5) is 2.51. The first-order chi connectivity index (χ1) is 11.7. The van der Waals surface area contributed by atoms with E-state index in [4.69, 9.17) is 4.74 Å². The summed E-state index contributed by atoms with van der Waals surface area (Å²) < 4.78 is 5.78. The third kappa shape index (κ3) is 4.66. The molecule has 0 saturated carbocycles. The third-order valence-corrected chi connectivity index (χ3v) is 4.42. The molecule has 1 saturated heterocycles. The van der Waals surface area contributed by atoms with Crippen molar-refractivity contribution in [2.75, 3.05) is 26.2 Å². The van der Waals surface area contributed by atoms with Crippen molar-refractivity contribution in [2.24, 2.45) is 0 Å². The molecule has 2 N–H and O–H groups in total. The molecule has 2 atom stereocenters. The molecule has 1 aliphatic heterocycles. The van der Waals surface area contributed by atoms with Gasteiger partial charge in [0.15, 0.2) is 0 Å². The smallest absolute Gasteiger partial charge is 0.0695 e. The minimum absolute atomic E-state index is 0.348. The van der Waals surface area contributed by atoms with Crippen molar-refractivity contribution in [3.63, 3.8) is 0 Å². The Hall–Kier alpha value is -1.69. The molecule has 1 aliphatic rings. The molecule has 0 spiro atoms. The number of nitrogens with zero attached hydrogens (tertiary/aromatic N) is 2. The van der Waals surface area contributed by atoms with E-state index in [-0.39, 0.29) is 0 Å². The van der Waals surface area contributed by atoms with Crippen LogP contribution in [-0.4, -0.2) is 53.5 Å². The van der Waals surface area contributed by atoms with E-state index in [1.54, 1.807) is 0 Å². The Morgan fingerprint density at radius 2 is 1.96 bits per heavy atom. The Bertz CT molecular complexity index is 603. The van der Waals surface area contributed by atoms with Crippen LogP contribution in [0.3, 0.4) is 0 Å². The molecule has 1 aromatic heterocycles. The molecule has 5 heteroatoms. The number of H-pyrrole nitrogens is 1. The first kappa shape index (κ1) is 17.1. The number of rotatable bonds is 7. The normalized spacial score (nSPS) is 21.9. The van der Waals surface area contributed by atoms with E-state index in [1.807, 2.05) is 12.3 Å². The van der Waals surface area contributed by atoms with Gasteiger partial charge in [0.1, 0.15) is 0 Å². The maximum atomic E-state index is 5.78. The molecule has 0 unspecified atom stereocenters. The van der Waals surface area contributed by atoms with Gasteiger partial charge in [-0.2, -0.15) is 5.10 Å². The van der Waals surface area contributed by atoms with Gasteiger partial charge in [-0.15, -0.1) is 0 Å². The van der Waals surface area contributed by atoms with Crippen LogP contribution in [0, 0.1) is 0 Å². The molecule has 0 radical (unpaired) electrons. The monoisotopic (exact) mass is 328 g/mol. The number of morpholine rings is 1. The lowest BCUT2D eigenvalue weighted by Crippen LogP contribution is -2.46. The van der Waals surface area contributed by atoms with E-state index in [9.17, 15) is 0 Å². The van der Waals surface area contributed by atoms with Crippen molar-refractivity contribution in [3.8, 4) is 11.3 Å². The first-order valence-corrected chi connectivity index (χ1v) is 8.88. The van der Waals surface area contributed by atoms with Crippen molar-refractivity contribution in [2.45, 2.75) is 39.0 Å². The van der Waals surface area contributed by atoms with E-state index in [0.29, 0.717) is 12.2 Å². The number of hydrogen-bond acceptors (Lipinski definition) is 4. The van der Waals surface area contributed by atoms with Crippen molar-refractivity contribution < 1.29 is 4.74 Å². The van der Waals surface area contributed by atoms with Crippen molar-refractivity contribution >= 4 is 0 Å². The zero-order valence-electron chi connectivity index (χ0n) is 14.7. The molecule has 1 aromatic carbocycles. The van der Waals surface area contributed by atoms with Gasteiger partial charge in [0.05, 0.1) is 24.1 Å². The Morgan fingerprint density at radius 1 is 1.21 bits per heavy atom. The van der Waals surface area contributed by atoms with Gasteiger partial charge in [0.25, 0.3) is 0 Å². The van der Waals surface area contributed by atoms with Crippen LogP contribution in [0.15, 0.2) is 36.5 Å². The summed E-state index contributed by atoms with van der Waals surface area (Å²) in [6, 6.07) is 10.4. The quantitative estimate of drug-likeness (QED) is 0.767. The van der Waals surface area contributed by atoms with Crippen molar-refractivity contribution in [3.05, 3.63) is 42.1 Å². The number of aromatic nitrogens is 2. The van der Waals surface area contributed by atoms with Crippen LogP contribution < -0.4 is 5.32 Å². The minimum Gasteiger partial charge on any atom is -0.373 e. The van der Waals surface area contributed by atoms with E-state index in [0.717, 1.165) is 44.8 Å². The van der Waals surface area contributed by atoms with Gasteiger partial charge in [-0.3, -0.25) is 10.00 Å². The van der Waals surface area contributed by atoms with Gasteiger partial charge in [-0.05, 0) is 38.9 Å². The SMILES string of the molecule is C[C@@H]1CN(CCCNCc2cn[nH]c2-c2ccccc2)C[C@H](C)O1. The highest BCUT2D eigenvalue weighted by atomic mass is 16.5. The number of nitrogens with one attached hydrogen (secondary N) is 2. The molecule has 130 valence electrons. The Labute approximate surface area is 144 Å². The third-order valence-electron chi connectivity index (χ3n) is 4.42. The van der Waals surface area contributed by atoms with E-state index >= 15 is 0 Å². The Kier molecular flexibility index (Phi) is 6.01. The molecule has 2 aromatic rings. The van der Waals surface area contributed by atoms with Gasteiger partial charge in [0.2, 0.25) is 0 Å². The molecule has 0 bridgehead atoms. The predicted octanol–water partition coefficient (Wildman–Crippen LogP) is 2.67. The Balaban J connectivity index is 1.41. The summed E-state index contributed by atoms with van der Waals surface area (Å²) in [5, 5.41) is 10.9. The summed E-state index contributed by atoms with van der Waals surface area (Å²) in [6.45, 7) is 9.39. The van der Waals surface area contributed by atoms with Gasteiger partial charge in [-0.1, -0.05) is 30.3 Å². The highest BCUT2D eigenvalue weighted by molar-refractivity contribution is 5.62. The number of aromatic amines is 1. The van der Waals surface area contributed by atoms with Crippen LogP contribution in [0.25, 0.3) is 11.3 Å². The number of ether oxygens (including phenoxy) is 1. The standard InChI is InChI=1S/C19H28N4O/c1-15-13-23(14-16(2)24-15)10-6-9-20-11-18-12-21-22-19(18)17-7-4-3-5-8-17/h3-5,7-8,12,15-16,20H,6,9-11,13-14H2,1-2H3,(H,21,22)/t15-,16+. The zero-order chi connectivity index (χ0) is 16.8. The molecule has 2 heterocycles. The van der Waals surface area contributed by atoms with Crippen molar-refractivity contribution in [1.82, 2.24) is 20.4 Å². The average Bonchev–Trinajstić information content (AvgIpc) is 3.03. The van der Waals surface area contributed by atoms with Gasteiger partial charge in [-0.25, -0.2) is 0 Å². The van der Waals surface area contributed by atoms with Crippen molar-refractivity contribution in [1.29, 1.82) is 0 Å². The minimum atomic E-state index is 0.348. The lowest BCUT2D eigenvalue weighted by atomic mass is 10.1.